The average molecular weight is 767 g/mol. The summed E-state index contributed by atoms with van der Waals surface area (Å²) in [5.41, 5.74) is 5.08. The van der Waals surface area contributed by atoms with Gasteiger partial charge in [-0.3, -0.25) is 29.1 Å². The van der Waals surface area contributed by atoms with E-state index in [-0.39, 0.29) is 35.1 Å². The second-order valence-corrected chi connectivity index (χ2v) is 15.8. The van der Waals surface area contributed by atoms with Crippen molar-refractivity contribution in [2.24, 2.45) is 22.7 Å². The molecule has 2 aromatic heterocycles. The van der Waals surface area contributed by atoms with Crippen molar-refractivity contribution in [2.45, 2.75) is 38.8 Å². The van der Waals surface area contributed by atoms with Gasteiger partial charge in [-0.1, -0.05) is 92.7 Å². The lowest BCUT2D eigenvalue weighted by Gasteiger charge is -2.32. The Kier molecular flexibility index (Phi) is 7.96. The monoisotopic (exact) mass is 766 g/mol. The summed E-state index contributed by atoms with van der Waals surface area (Å²) in [6.45, 7) is 6.15. The molecule has 6 heterocycles. The van der Waals surface area contributed by atoms with Gasteiger partial charge < -0.3 is 10.1 Å². The number of rotatable bonds is 4. The Morgan fingerprint density at radius 1 is 0.776 bits per heavy atom. The maximum Gasteiger partial charge on any atom is 0.266 e. The molecule has 2 unspecified atom stereocenters. The van der Waals surface area contributed by atoms with Gasteiger partial charge in [0.05, 0.1) is 45.4 Å². The highest BCUT2D eigenvalue weighted by atomic mass is 16.3. The highest BCUT2D eigenvalue weighted by Gasteiger charge is 2.69. The Bertz CT molecular complexity index is 3000. The fourth-order valence-electron chi connectivity index (χ4n) is 9.58. The summed E-state index contributed by atoms with van der Waals surface area (Å²) in [6, 6.07) is 36.9. The van der Waals surface area contributed by atoms with Crippen LogP contribution in [0.2, 0.25) is 0 Å². The maximum absolute atomic E-state index is 14.5. The van der Waals surface area contributed by atoms with Crippen molar-refractivity contribution in [1.29, 1.82) is 0 Å². The lowest BCUT2D eigenvalue weighted by Crippen LogP contribution is -2.50. The van der Waals surface area contributed by atoms with Gasteiger partial charge in [-0.2, -0.15) is 0 Å². The van der Waals surface area contributed by atoms with Crippen LogP contribution in [0.3, 0.4) is 0 Å². The molecule has 2 fully saturated rings. The van der Waals surface area contributed by atoms with Crippen LogP contribution in [0, 0.1) is 24.7 Å². The van der Waals surface area contributed by atoms with Crippen LogP contribution < -0.4 is 15.8 Å². The smallest absolute Gasteiger partial charge is 0.266 e. The zero-order valence-corrected chi connectivity index (χ0v) is 31.9. The third kappa shape index (κ3) is 4.96. The number of aromatic hydroxyl groups is 1. The third-order valence-electron chi connectivity index (χ3n) is 12.0. The Labute approximate surface area is 332 Å². The minimum Gasteiger partial charge on any atom is -0.494 e. The van der Waals surface area contributed by atoms with Crippen LogP contribution in [0.4, 0.5) is 11.4 Å². The first-order valence-corrected chi connectivity index (χ1v) is 19.5. The number of aromatic amines is 1. The summed E-state index contributed by atoms with van der Waals surface area (Å²) >= 11 is 0. The molecule has 0 radical (unpaired) electrons. The number of aryl methyl sites for hydroxylation is 1. The number of aromatic nitrogens is 3. The lowest BCUT2D eigenvalue weighted by atomic mass is 9.75. The first-order chi connectivity index (χ1) is 28.1. The van der Waals surface area contributed by atoms with Crippen molar-refractivity contribution in [3.8, 4) is 11.6 Å². The molecule has 7 aromatic rings. The van der Waals surface area contributed by atoms with Crippen molar-refractivity contribution in [2.75, 3.05) is 4.90 Å². The SMILES string of the molecule is Cc1ccccc1N1C(=O)[C@H]2C(CC(C)C)NC3(c4ccccc4-n4c3nc3ccccc3c4=O)[C@H]2C1=O.O=C1C(c2c(O)[nH]c3ccccc23)=Nc2ccccc21. The Hall–Kier alpha value is -6.98. The Morgan fingerprint density at radius 2 is 1.45 bits per heavy atom. The van der Waals surface area contributed by atoms with Gasteiger partial charge in [0.1, 0.15) is 17.1 Å². The molecule has 0 bridgehead atoms. The Morgan fingerprint density at radius 3 is 2.22 bits per heavy atom. The molecule has 4 atom stereocenters. The van der Waals surface area contributed by atoms with Crippen molar-refractivity contribution in [3.63, 3.8) is 0 Å². The highest BCUT2D eigenvalue weighted by Crippen LogP contribution is 2.56. The van der Waals surface area contributed by atoms with E-state index in [1.165, 1.54) is 4.90 Å². The van der Waals surface area contributed by atoms with Gasteiger partial charge in [-0.25, -0.2) is 14.9 Å². The molecule has 5 aromatic carbocycles. The number of hydrogen-bond donors (Lipinski definition) is 3. The van der Waals surface area contributed by atoms with Gasteiger partial charge in [0.15, 0.2) is 5.88 Å². The van der Waals surface area contributed by atoms with E-state index in [4.69, 9.17) is 4.98 Å². The van der Waals surface area contributed by atoms with Gasteiger partial charge in [-0.15, -0.1) is 0 Å². The second-order valence-electron chi connectivity index (χ2n) is 15.8. The zero-order chi connectivity index (χ0) is 40.0. The van der Waals surface area contributed by atoms with Crippen molar-refractivity contribution < 1.29 is 19.5 Å². The number of Topliss-reactive ketones (excluding diaryl/α,β-unsaturated/α-hetero) is 1. The average Bonchev–Trinajstić information content (AvgIpc) is 3.98. The van der Waals surface area contributed by atoms with Crippen LogP contribution in [0.25, 0.3) is 27.5 Å². The number of carbonyl (C=O) groups is 3. The summed E-state index contributed by atoms with van der Waals surface area (Å²) < 4.78 is 1.65. The molecule has 11 heteroatoms. The van der Waals surface area contributed by atoms with Gasteiger partial charge in [0, 0.05) is 28.1 Å². The predicted molar refractivity (Wildman–Crippen MR) is 222 cm³/mol. The number of hydrogen-bond acceptors (Lipinski definition) is 8. The van der Waals surface area contributed by atoms with Crippen LogP contribution in [0.15, 0.2) is 131 Å². The summed E-state index contributed by atoms with van der Waals surface area (Å²) in [6.07, 6.45) is 0.712. The molecule has 0 aliphatic carbocycles. The number of anilines is 1. The van der Waals surface area contributed by atoms with Crippen LogP contribution in [-0.2, 0) is 15.1 Å². The van der Waals surface area contributed by atoms with Crippen molar-refractivity contribution in [3.05, 3.63) is 160 Å². The minimum atomic E-state index is -1.10. The molecule has 0 saturated carbocycles. The number of ketones is 1. The zero-order valence-electron chi connectivity index (χ0n) is 31.9. The molecule has 4 aliphatic rings. The van der Waals surface area contributed by atoms with E-state index in [0.717, 1.165) is 22.0 Å². The molecule has 3 N–H and O–H groups in total. The summed E-state index contributed by atoms with van der Waals surface area (Å²) in [5.74, 6) is -1.15. The van der Waals surface area contributed by atoms with E-state index in [9.17, 15) is 24.3 Å². The Balaban J connectivity index is 0.000000171. The van der Waals surface area contributed by atoms with Crippen LogP contribution >= 0.6 is 0 Å². The van der Waals surface area contributed by atoms with E-state index >= 15 is 0 Å². The van der Waals surface area contributed by atoms with E-state index in [1.54, 1.807) is 22.8 Å². The summed E-state index contributed by atoms with van der Waals surface area (Å²) in [7, 11) is 0. The topological polar surface area (TPSA) is 150 Å². The number of H-pyrrole nitrogens is 1. The van der Waals surface area contributed by atoms with Crippen molar-refractivity contribution in [1.82, 2.24) is 19.9 Å². The summed E-state index contributed by atoms with van der Waals surface area (Å²) in [4.78, 5) is 68.6. The molecule has 11 rings (SSSR count). The van der Waals surface area contributed by atoms with Gasteiger partial charge >= 0.3 is 0 Å². The van der Waals surface area contributed by atoms with Gasteiger partial charge in [-0.05, 0) is 67.3 Å². The second kappa shape index (κ2) is 13.0. The summed E-state index contributed by atoms with van der Waals surface area (Å²) in [5, 5.41) is 15.2. The van der Waals surface area contributed by atoms with Crippen LogP contribution in [0.1, 0.15) is 53.1 Å². The normalized spacial score (nSPS) is 21.4. The van der Waals surface area contributed by atoms with E-state index in [1.807, 2.05) is 110 Å². The number of aliphatic imine (C=N–C) groups is 1. The van der Waals surface area contributed by atoms with E-state index in [2.05, 4.69) is 29.1 Å². The number of amides is 2. The molecule has 286 valence electrons. The third-order valence-corrected chi connectivity index (χ3v) is 12.0. The first-order valence-electron chi connectivity index (χ1n) is 19.5. The van der Waals surface area contributed by atoms with E-state index in [0.29, 0.717) is 63.0 Å². The molecule has 2 saturated heterocycles. The van der Waals surface area contributed by atoms with Crippen LogP contribution in [0.5, 0.6) is 5.88 Å². The molecule has 58 heavy (non-hydrogen) atoms. The first kappa shape index (κ1) is 35.4. The minimum absolute atomic E-state index is 0.0221. The highest BCUT2D eigenvalue weighted by molar-refractivity contribution is 6.56. The van der Waals surface area contributed by atoms with E-state index < -0.39 is 17.4 Å². The van der Waals surface area contributed by atoms with Crippen molar-refractivity contribution >= 4 is 56.5 Å². The maximum atomic E-state index is 14.5. The number of nitrogens with one attached hydrogen (secondary N) is 2. The number of imide groups is 1. The number of para-hydroxylation sites is 5. The molecular weight excluding hydrogens is 729 g/mol. The fourth-order valence-corrected chi connectivity index (χ4v) is 9.58. The van der Waals surface area contributed by atoms with Gasteiger partial charge in [0.25, 0.3) is 5.56 Å². The molecule has 1 spiro atoms. The fraction of sp³-hybridized carbons (Fsp3) is 0.191. The molecule has 4 aliphatic heterocycles. The molecule has 2 amide bonds. The largest absolute Gasteiger partial charge is 0.494 e. The number of benzene rings is 5. The molecule has 11 nitrogen and oxygen atoms in total. The number of carbonyl (C=O) groups excluding carboxylic acids is 3. The number of nitrogens with zero attached hydrogens (tertiary/aromatic N) is 4. The molecular formula is C47H38N6O5. The standard InChI is InChI=1S/C31H28N4O3.C16H10N2O2/c1-17(2)16-22-25-26(29(38)34(28(25)37)23-14-8-4-10-18(23)3)31(33-22)20-12-6-9-15-24(20)35-27(36)19-11-5-7-13-21(19)32-30(31)35;19-15-10-6-2-4-8-12(10)17-14(15)13-9-5-1-3-7-11(9)18-16(13)20/h4-15,17,22,25-26,33H,16H2,1-3H3;1-8,18,20H/t22?,25-,26+,31?;/m0./s1. The lowest BCUT2D eigenvalue weighted by molar-refractivity contribution is -0.123. The predicted octanol–water partition coefficient (Wildman–Crippen LogP) is 7.27. The quantitative estimate of drug-likeness (QED) is 0.160. The van der Waals surface area contributed by atoms with Gasteiger partial charge in [0.2, 0.25) is 17.6 Å². The van der Waals surface area contributed by atoms with Crippen LogP contribution in [-0.4, -0.2) is 49.0 Å². The number of fused-ring (bicyclic) bond motifs is 10.